The largest absolute Gasteiger partial charge is 0.314 e. The van der Waals surface area contributed by atoms with E-state index in [1.165, 1.54) is 16.7 Å². The van der Waals surface area contributed by atoms with Gasteiger partial charge in [-0.05, 0) is 30.4 Å². The molecule has 106 valence electrons. The molecular formula is C17H28N2. The van der Waals surface area contributed by atoms with Crippen LogP contribution in [0.4, 0.5) is 0 Å². The Morgan fingerprint density at radius 1 is 1.11 bits per heavy atom. The number of nitrogens with zero attached hydrogens (tertiary/aromatic N) is 1. The summed E-state index contributed by atoms with van der Waals surface area (Å²) in [7, 11) is 0. The Balaban J connectivity index is 2.36. The van der Waals surface area contributed by atoms with Gasteiger partial charge in [-0.1, -0.05) is 44.5 Å². The molecule has 2 rings (SSSR count). The van der Waals surface area contributed by atoms with Crippen molar-refractivity contribution in [3.63, 3.8) is 0 Å². The van der Waals surface area contributed by atoms with Crippen LogP contribution in [0, 0.1) is 19.3 Å². The van der Waals surface area contributed by atoms with E-state index in [9.17, 15) is 0 Å². The highest BCUT2D eigenvalue weighted by molar-refractivity contribution is 5.34. The lowest BCUT2D eigenvalue weighted by Crippen LogP contribution is -2.48. The molecule has 0 saturated carbocycles. The summed E-state index contributed by atoms with van der Waals surface area (Å²) in [4.78, 5) is 2.65. The van der Waals surface area contributed by atoms with Gasteiger partial charge in [-0.2, -0.15) is 0 Å². The highest BCUT2D eigenvalue weighted by Crippen LogP contribution is 2.39. The van der Waals surface area contributed by atoms with Crippen LogP contribution in [0.1, 0.15) is 43.5 Å². The van der Waals surface area contributed by atoms with Crippen molar-refractivity contribution in [1.29, 1.82) is 0 Å². The molecule has 19 heavy (non-hydrogen) atoms. The zero-order chi connectivity index (χ0) is 14.0. The minimum absolute atomic E-state index is 0.261. The van der Waals surface area contributed by atoms with E-state index < -0.39 is 0 Å². The Hall–Kier alpha value is -0.860. The third-order valence-corrected chi connectivity index (χ3v) is 4.06. The SMILES string of the molecule is Cc1ccc([C@H](N2CCNCC2)C(C)(C)C)c(C)c1. The van der Waals surface area contributed by atoms with Crippen molar-refractivity contribution < 1.29 is 0 Å². The molecule has 1 heterocycles. The minimum atomic E-state index is 0.261. The number of hydrogen-bond donors (Lipinski definition) is 1. The molecule has 2 nitrogen and oxygen atoms in total. The Kier molecular flexibility index (Phi) is 4.32. The third kappa shape index (κ3) is 3.37. The van der Waals surface area contributed by atoms with Gasteiger partial charge >= 0.3 is 0 Å². The Labute approximate surface area is 118 Å². The molecule has 2 heteroatoms. The second-order valence-corrected chi connectivity index (χ2v) is 6.91. The summed E-state index contributed by atoms with van der Waals surface area (Å²) in [6.07, 6.45) is 0. The van der Waals surface area contributed by atoms with Crippen LogP contribution >= 0.6 is 0 Å². The maximum Gasteiger partial charge on any atom is 0.0400 e. The lowest BCUT2D eigenvalue weighted by molar-refractivity contribution is 0.0857. The van der Waals surface area contributed by atoms with Crippen LogP contribution in [0.5, 0.6) is 0 Å². The molecule has 1 aromatic rings. The first-order valence-corrected chi connectivity index (χ1v) is 7.41. The summed E-state index contributed by atoms with van der Waals surface area (Å²) in [5.41, 5.74) is 4.55. The summed E-state index contributed by atoms with van der Waals surface area (Å²) in [5.74, 6) is 0. The van der Waals surface area contributed by atoms with Gasteiger partial charge < -0.3 is 5.32 Å². The predicted molar refractivity (Wildman–Crippen MR) is 82.6 cm³/mol. The van der Waals surface area contributed by atoms with Crippen LogP contribution in [0.15, 0.2) is 18.2 Å². The molecule has 1 fully saturated rings. The maximum absolute atomic E-state index is 3.45. The lowest BCUT2D eigenvalue weighted by atomic mass is 9.79. The summed E-state index contributed by atoms with van der Waals surface area (Å²) >= 11 is 0. The number of rotatable bonds is 2. The highest BCUT2D eigenvalue weighted by Gasteiger charge is 2.33. The molecule has 0 aromatic heterocycles. The topological polar surface area (TPSA) is 15.3 Å². The Morgan fingerprint density at radius 3 is 2.26 bits per heavy atom. The van der Waals surface area contributed by atoms with Gasteiger partial charge in [-0.3, -0.25) is 4.90 Å². The van der Waals surface area contributed by atoms with Crippen LogP contribution in [-0.4, -0.2) is 31.1 Å². The second-order valence-electron chi connectivity index (χ2n) is 6.91. The normalized spacial score (nSPS) is 19.4. The van der Waals surface area contributed by atoms with Crippen LogP contribution in [-0.2, 0) is 0 Å². The molecule has 0 aliphatic carbocycles. The van der Waals surface area contributed by atoms with E-state index in [0.717, 1.165) is 26.2 Å². The van der Waals surface area contributed by atoms with Gasteiger partial charge in [0.15, 0.2) is 0 Å². The molecule has 1 aliphatic rings. The first-order valence-electron chi connectivity index (χ1n) is 7.41. The molecule has 1 saturated heterocycles. The number of benzene rings is 1. The smallest absolute Gasteiger partial charge is 0.0400 e. The molecule has 0 bridgehead atoms. The number of nitrogens with one attached hydrogen (secondary N) is 1. The monoisotopic (exact) mass is 260 g/mol. The Bertz CT molecular complexity index is 425. The van der Waals surface area contributed by atoms with E-state index in [1.54, 1.807) is 0 Å². The molecule has 0 radical (unpaired) electrons. The number of piperazine rings is 1. The van der Waals surface area contributed by atoms with Gasteiger partial charge in [0.05, 0.1) is 0 Å². The third-order valence-electron chi connectivity index (χ3n) is 4.06. The fraction of sp³-hybridized carbons (Fsp3) is 0.647. The van der Waals surface area contributed by atoms with E-state index in [1.807, 2.05) is 0 Å². The molecule has 1 N–H and O–H groups in total. The molecular weight excluding hydrogens is 232 g/mol. The van der Waals surface area contributed by atoms with Crippen LogP contribution in [0.3, 0.4) is 0 Å². The maximum atomic E-state index is 3.45. The van der Waals surface area contributed by atoms with Gasteiger partial charge in [0.25, 0.3) is 0 Å². The first kappa shape index (κ1) is 14.5. The van der Waals surface area contributed by atoms with E-state index in [-0.39, 0.29) is 5.41 Å². The average molecular weight is 260 g/mol. The summed E-state index contributed by atoms with van der Waals surface area (Å²) in [6, 6.07) is 7.41. The van der Waals surface area contributed by atoms with Crippen LogP contribution in [0.25, 0.3) is 0 Å². The van der Waals surface area contributed by atoms with Gasteiger partial charge in [-0.25, -0.2) is 0 Å². The highest BCUT2D eigenvalue weighted by atomic mass is 15.2. The average Bonchev–Trinajstić information content (AvgIpc) is 2.32. The van der Waals surface area contributed by atoms with Gasteiger partial charge in [0, 0.05) is 32.2 Å². The van der Waals surface area contributed by atoms with Gasteiger partial charge in [0.1, 0.15) is 0 Å². The molecule has 1 aliphatic heterocycles. The molecule has 0 unspecified atom stereocenters. The van der Waals surface area contributed by atoms with Crippen molar-refractivity contribution in [1.82, 2.24) is 10.2 Å². The van der Waals surface area contributed by atoms with Crippen molar-refractivity contribution in [2.75, 3.05) is 26.2 Å². The van der Waals surface area contributed by atoms with E-state index >= 15 is 0 Å². The second kappa shape index (κ2) is 5.64. The standard InChI is InChI=1S/C17H28N2/c1-13-6-7-15(14(2)12-13)16(17(3,4)5)19-10-8-18-9-11-19/h6-7,12,16,18H,8-11H2,1-5H3/t16-/m0/s1. The molecule has 0 spiro atoms. The van der Waals surface area contributed by atoms with Crippen molar-refractivity contribution in [3.8, 4) is 0 Å². The Morgan fingerprint density at radius 2 is 1.74 bits per heavy atom. The van der Waals surface area contributed by atoms with Crippen molar-refractivity contribution in [2.24, 2.45) is 5.41 Å². The lowest BCUT2D eigenvalue weighted by Gasteiger charge is -2.43. The van der Waals surface area contributed by atoms with E-state index in [4.69, 9.17) is 0 Å². The van der Waals surface area contributed by atoms with E-state index in [2.05, 4.69) is 63.0 Å². The molecule has 0 amide bonds. The van der Waals surface area contributed by atoms with E-state index in [0.29, 0.717) is 6.04 Å². The fourth-order valence-electron chi connectivity index (χ4n) is 3.28. The van der Waals surface area contributed by atoms with Crippen molar-refractivity contribution in [2.45, 2.75) is 40.7 Å². The first-order chi connectivity index (χ1) is 8.89. The van der Waals surface area contributed by atoms with Crippen molar-refractivity contribution in [3.05, 3.63) is 34.9 Å². The summed E-state index contributed by atoms with van der Waals surface area (Å²) < 4.78 is 0. The predicted octanol–water partition coefficient (Wildman–Crippen LogP) is 3.30. The van der Waals surface area contributed by atoms with Gasteiger partial charge in [-0.15, -0.1) is 0 Å². The summed E-state index contributed by atoms with van der Waals surface area (Å²) in [5, 5.41) is 3.45. The van der Waals surface area contributed by atoms with Gasteiger partial charge in [0.2, 0.25) is 0 Å². The zero-order valence-electron chi connectivity index (χ0n) is 13.1. The van der Waals surface area contributed by atoms with Crippen LogP contribution in [0.2, 0.25) is 0 Å². The number of aryl methyl sites for hydroxylation is 2. The number of hydrogen-bond acceptors (Lipinski definition) is 2. The fourth-order valence-corrected chi connectivity index (χ4v) is 3.28. The minimum Gasteiger partial charge on any atom is -0.314 e. The summed E-state index contributed by atoms with van der Waals surface area (Å²) in [6.45, 7) is 16.0. The van der Waals surface area contributed by atoms with Crippen molar-refractivity contribution >= 4 is 0 Å². The zero-order valence-corrected chi connectivity index (χ0v) is 13.1. The molecule has 1 atom stereocenters. The quantitative estimate of drug-likeness (QED) is 0.878. The van der Waals surface area contributed by atoms with Crippen LogP contribution < -0.4 is 5.32 Å². The molecule has 1 aromatic carbocycles.